The molecule has 0 radical (unpaired) electrons. The van der Waals surface area contributed by atoms with E-state index in [-0.39, 0.29) is 6.09 Å². The number of carbonyl (C=O) groups excluding carboxylic acids is 1. The Morgan fingerprint density at radius 3 is 2.56 bits per heavy atom. The van der Waals surface area contributed by atoms with Crippen LogP contribution in [0.4, 0.5) is 4.79 Å². The normalized spacial score (nSPS) is 17.5. The number of carboxylic acid groups (broad SMARTS) is 1. The van der Waals surface area contributed by atoms with E-state index in [1.54, 1.807) is 11.0 Å². The van der Waals surface area contributed by atoms with E-state index in [2.05, 4.69) is 0 Å². The summed E-state index contributed by atoms with van der Waals surface area (Å²) in [6.45, 7) is 7.45. The Labute approximate surface area is 158 Å². The van der Waals surface area contributed by atoms with Crippen LogP contribution in [-0.2, 0) is 9.53 Å². The Kier molecular flexibility index (Phi) is 5.41. The number of amides is 1. The molecule has 3 rings (SSSR count). The molecule has 0 aliphatic carbocycles. The molecule has 1 unspecified atom stereocenters. The van der Waals surface area contributed by atoms with Crippen LogP contribution in [0.15, 0.2) is 34.7 Å². The number of para-hydroxylation sites is 1. The zero-order valence-corrected chi connectivity index (χ0v) is 16.0. The Balaban J connectivity index is 1.75. The second-order valence-electron chi connectivity index (χ2n) is 7.78. The summed E-state index contributed by atoms with van der Waals surface area (Å²) in [4.78, 5) is 27.8. The van der Waals surface area contributed by atoms with Crippen LogP contribution in [0, 0.1) is 0 Å². The van der Waals surface area contributed by atoms with Crippen molar-refractivity contribution in [1.82, 2.24) is 9.80 Å². The maximum absolute atomic E-state index is 12.3. The predicted octanol–water partition coefficient (Wildman–Crippen LogP) is 3.50. The highest BCUT2D eigenvalue weighted by Gasteiger charge is 2.33. The lowest BCUT2D eigenvalue weighted by Gasteiger charge is -2.27. The van der Waals surface area contributed by atoms with Crippen LogP contribution < -0.4 is 0 Å². The number of aliphatic carboxylic acids is 1. The molecule has 1 N–H and O–H groups in total. The molecule has 1 aliphatic rings. The van der Waals surface area contributed by atoms with Gasteiger partial charge in [-0.25, -0.2) is 4.79 Å². The minimum absolute atomic E-state index is 0.361. The summed E-state index contributed by atoms with van der Waals surface area (Å²) >= 11 is 0. The topological polar surface area (TPSA) is 83.2 Å². The number of nitrogens with zero attached hydrogens (tertiary/aromatic N) is 2. The fourth-order valence-electron chi connectivity index (χ4n) is 3.30. The highest BCUT2D eigenvalue weighted by molar-refractivity contribution is 5.81. The number of benzene rings is 1. The lowest BCUT2D eigenvalue weighted by molar-refractivity contribution is -0.144. The van der Waals surface area contributed by atoms with Gasteiger partial charge in [0.15, 0.2) is 6.04 Å². The quantitative estimate of drug-likeness (QED) is 0.885. The van der Waals surface area contributed by atoms with E-state index in [1.807, 2.05) is 49.9 Å². The Bertz CT molecular complexity index is 790. The highest BCUT2D eigenvalue weighted by atomic mass is 16.6. The van der Waals surface area contributed by atoms with Gasteiger partial charge in [0, 0.05) is 31.6 Å². The van der Waals surface area contributed by atoms with Gasteiger partial charge in [0.1, 0.15) is 16.9 Å². The molecule has 1 fully saturated rings. The number of furan rings is 1. The average molecular weight is 374 g/mol. The van der Waals surface area contributed by atoms with E-state index >= 15 is 0 Å². The van der Waals surface area contributed by atoms with Crippen molar-refractivity contribution < 1.29 is 23.8 Å². The summed E-state index contributed by atoms with van der Waals surface area (Å²) in [5, 5.41) is 10.7. The monoisotopic (exact) mass is 374 g/mol. The van der Waals surface area contributed by atoms with Crippen LogP contribution in [0.3, 0.4) is 0 Å². The van der Waals surface area contributed by atoms with E-state index < -0.39 is 17.6 Å². The zero-order valence-electron chi connectivity index (χ0n) is 16.0. The van der Waals surface area contributed by atoms with Gasteiger partial charge in [-0.05, 0) is 39.3 Å². The number of ether oxygens (including phenoxy) is 1. The summed E-state index contributed by atoms with van der Waals surface area (Å²) in [5.74, 6) is -0.547. The molecule has 1 aromatic carbocycles. The molecule has 0 saturated carbocycles. The first-order chi connectivity index (χ1) is 12.7. The van der Waals surface area contributed by atoms with Gasteiger partial charge in [-0.1, -0.05) is 18.2 Å². The number of fused-ring (bicyclic) bond motifs is 1. The fourth-order valence-corrected chi connectivity index (χ4v) is 3.30. The zero-order chi connectivity index (χ0) is 19.6. The molecule has 1 saturated heterocycles. The highest BCUT2D eigenvalue weighted by Crippen LogP contribution is 2.29. The summed E-state index contributed by atoms with van der Waals surface area (Å²) < 4.78 is 11.2. The van der Waals surface area contributed by atoms with Gasteiger partial charge in [-0.3, -0.25) is 9.69 Å². The van der Waals surface area contributed by atoms with Gasteiger partial charge in [-0.15, -0.1) is 0 Å². The van der Waals surface area contributed by atoms with Crippen LogP contribution in [0.5, 0.6) is 0 Å². The van der Waals surface area contributed by atoms with Crippen molar-refractivity contribution in [2.24, 2.45) is 0 Å². The number of hydrogen-bond donors (Lipinski definition) is 1. The maximum Gasteiger partial charge on any atom is 0.410 e. The molecule has 7 heteroatoms. The molecule has 27 heavy (non-hydrogen) atoms. The van der Waals surface area contributed by atoms with Gasteiger partial charge in [0.05, 0.1) is 0 Å². The second-order valence-corrected chi connectivity index (χ2v) is 7.78. The molecule has 1 amide bonds. The third-order valence-corrected chi connectivity index (χ3v) is 4.50. The van der Waals surface area contributed by atoms with Gasteiger partial charge in [0.2, 0.25) is 0 Å². The minimum atomic E-state index is -0.959. The molecule has 1 atom stereocenters. The number of carboxylic acids is 1. The van der Waals surface area contributed by atoms with E-state index in [9.17, 15) is 14.7 Å². The molecule has 1 aromatic heterocycles. The molecule has 0 bridgehead atoms. The van der Waals surface area contributed by atoms with Crippen LogP contribution in [-0.4, -0.2) is 58.7 Å². The predicted molar refractivity (Wildman–Crippen MR) is 101 cm³/mol. The second kappa shape index (κ2) is 7.60. The third kappa shape index (κ3) is 4.60. The van der Waals surface area contributed by atoms with E-state index in [0.717, 1.165) is 5.39 Å². The third-order valence-electron chi connectivity index (χ3n) is 4.50. The molecular formula is C20H26N2O5. The van der Waals surface area contributed by atoms with Crippen LogP contribution in [0.2, 0.25) is 0 Å². The number of carbonyl (C=O) groups is 2. The van der Waals surface area contributed by atoms with Crippen LogP contribution in [0.25, 0.3) is 11.0 Å². The summed E-state index contributed by atoms with van der Waals surface area (Å²) in [6, 6.07) is 8.37. The summed E-state index contributed by atoms with van der Waals surface area (Å²) in [7, 11) is 0. The molecule has 1 aliphatic heterocycles. The minimum Gasteiger partial charge on any atom is -0.480 e. The molecule has 2 heterocycles. The Morgan fingerprint density at radius 1 is 1.15 bits per heavy atom. The molecule has 7 nitrogen and oxygen atoms in total. The van der Waals surface area contributed by atoms with E-state index in [4.69, 9.17) is 9.15 Å². The molecule has 2 aromatic rings. The van der Waals surface area contributed by atoms with Crippen LogP contribution in [0.1, 0.15) is 39.0 Å². The van der Waals surface area contributed by atoms with Crippen molar-refractivity contribution >= 4 is 23.0 Å². The van der Waals surface area contributed by atoms with E-state index in [0.29, 0.717) is 43.9 Å². The summed E-state index contributed by atoms with van der Waals surface area (Å²) in [6.07, 6.45) is 0.309. The van der Waals surface area contributed by atoms with Crippen molar-refractivity contribution in [1.29, 1.82) is 0 Å². The van der Waals surface area contributed by atoms with Crippen LogP contribution >= 0.6 is 0 Å². The fraction of sp³-hybridized carbons (Fsp3) is 0.500. The van der Waals surface area contributed by atoms with Crippen molar-refractivity contribution in [3.63, 3.8) is 0 Å². The van der Waals surface area contributed by atoms with Crippen molar-refractivity contribution in [3.05, 3.63) is 36.1 Å². The largest absolute Gasteiger partial charge is 0.480 e. The Hall–Kier alpha value is -2.54. The lowest BCUT2D eigenvalue weighted by atomic mass is 10.1. The summed E-state index contributed by atoms with van der Waals surface area (Å²) in [5.41, 5.74) is 0.116. The Morgan fingerprint density at radius 2 is 1.89 bits per heavy atom. The average Bonchev–Trinajstić information content (AvgIpc) is 2.83. The number of hydrogen-bond acceptors (Lipinski definition) is 5. The van der Waals surface area contributed by atoms with Crippen molar-refractivity contribution in [3.8, 4) is 0 Å². The van der Waals surface area contributed by atoms with Crippen molar-refractivity contribution in [2.45, 2.75) is 38.8 Å². The van der Waals surface area contributed by atoms with E-state index in [1.165, 1.54) is 0 Å². The van der Waals surface area contributed by atoms with Gasteiger partial charge in [-0.2, -0.15) is 0 Å². The standard InChI is InChI=1S/C20H26N2O5/c1-20(2,3)27-19(25)22-10-6-9-21(11-12-22)17(18(23)24)16-13-14-7-4-5-8-15(14)26-16/h4-5,7-8,13,17H,6,9-12H2,1-3H3,(H,23,24). The first-order valence-corrected chi connectivity index (χ1v) is 9.18. The van der Waals surface area contributed by atoms with Gasteiger partial charge in [0.25, 0.3) is 0 Å². The lowest BCUT2D eigenvalue weighted by Crippen LogP contribution is -2.40. The first-order valence-electron chi connectivity index (χ1n) is 9.18. The SMILES string of the molecule is CC(C)(C)OC(=O)N1CCCN(C(C(=O)O)c2cc3ccccc3o2)CC1. The maximum atomic E-state index is 12.3. The first kappa shape index (κ1) is 19.2. The number of rotatable bonds is 3. The van der Waals surface area contributed by atoms with Crippen molar-refractivity contribution in [2.75, 3.05) is 26.2 Å². The smallest absolute Gasteiger partial charge is 0.410 e. The molecule has 0 spiro atoms. The molecular weight excluding hydrogens is 348 g/mol. The van der Waals surface area contributed by atoms with Gasteiger partial charge >= 0.3 is 12.1 Å². The van der Waals surface area contributed by atoms with Gasteiger partial charge < -0.3 is 19.2 Å². The molecule has 146 valence electrons.